The Morgan fingerprint density at radius 2 is 1.42 bits per heavy atom. The Bertz CT molecular complexity index is 1960. The van der Waals surface area contributed by atoms with Crippen molar-refractivity contribution in [3.8, 4) is 11.1 Å². The van der Waals surface area contributed by atoms with Gasteiger partial charge < -0.3 is 0 Å². The third-order valence-corrected chi connectivity index (χ3v) is 44.4. The zero-order valence-corrected chi connectivity index (χ0v) is 33.1. The van der Waals surface area contributed by atoms with Crippen LogP contribution in [0.4, 0.5) is 0 Å². The molecule has 0 aliphatic heterocycles. The Labute approximate surface area is 295 Å². The normalized spacial score (nSPS) is 18.7. The van der Waals surface area contributed by atoms with Gasteiger partial charge in [0.2, 0.25) is 0 Å². The Morgan fingerprint density at radius 1 is 0.688 bits per heavy atom. The van der Waals surface area contributed by atoms with Gasteiger partial charge in [0.1, 0.15) is 0 Å². The number of hydrogen-bond acceptors (Lipinski definition) is 0. The summed E-state index contributed by atoms with van der Waals surface area (Å²) in [7, 11) is 0. The van der Waals surface area contributed by atoms with Crippen LogP contribution in [0.2, 0.25) is 14.3 Å². The van der Waals surface area contributed by atoms with Crippen molar-refractivity contribution in [2.24, 2.45) is 0 Å². The average Bonchev–Trinajstić information content (AvgIpc) is 3.69. The predicted molar refractivity (Wildman–Crippen MR) is 209 cm³/mol. The molecule has 5 aromatic rings. The van der Waals surface area contributed by atoms with E-state index in [9.17, 15) is 0 Å². The second kappa shape index (κ2) is 14.4. The Kier molecular flexibility index (Phi) is 10.0. The van der Waals surface area contributed by atoms with Crippen LogP contribution in [-0.2, 0) is 19.4 Å². The average molecular weight is 723 g/mol. The van der Waals surface area contributed by atoms with E-state index in [1.54, 1.807) is 27.5 Å². The van der Waals surface area contributed by atoms with Crippen LogP contribution < -0.4 is 5.19 Å². The van der Waals surface area contributed by atoms with E-state index in [0.29, 0.717) is 9.54 Å². The van der Waals surface area contributed by atoms with Gasteiger partial charge in [0.05, 0.1) is 0 Å². The summed E-state index contributed by atoms with van der Waals surface area (Å²) in [6.07, 6.45) is 11.6. The van der Waals surface area contributed by atoms with Gasteiger partial charge in [-0.05, 0) is 0 Å². The van der Waals surface area contributed by atoms with Crippen LogP contribution >= 0.6 is 0 Å². The molecule has 0 fully saturated rings. The predicted octanol–water partition coefficient (Wildman–Crippen LogP) is 13.0. The summed E-state index contributed by atoms with van der Waals surface area (Å²) in [6.45, 7) is 12.6. The molecule has 0 bridgehead atoms. The Morgan fingerprint density at radius 3 is 2.15 bits per heavy atom. The molecule has 0 amide bonds. The maximum absolute atomic E-state index is 3.35. The molecule has 1 radical (unpaired) electrons. The molecule has 2 aliphatic rings. The molecule has 5 aromatic carbocycles. The van der Waals surface area contributed by atoms with Crippen molar-refractivity contribution in [1.82, 2.24) is 0 Å². The van der Waals surface area contributed by atoms with E-state index in [1.165, 1.54) is 62.8 Å². The van der Waals surface area contributed by atoms with E-state index in [0.717, 1.165) is 10.0 Å². The molecule has 0 saturated carbocycles. The molecule has 0 saturated heterocycles. The molecular formula is C46H51SiZr. The van der Waals surface area contributed by atoms with Crippen LogP contribution in [0, 0.1) is 0 Å². The number of benzene rings is 5. The molecule has 0 nitrogen and oxygen atoms in total. The van der Waals surface area contributed by atoms with Gasteiger partial charge in [-0.25, -0.2) is 0 Å². The van der Waals surface area contributed by atoms with Crippen LogP contribution in [0.25, 0.3) is 34.1 Å². The van der Waals surface area contributed by atoms with Crippen molar-refractivity contribution in [2.45, 2.75) is 83.6 Å². The number of unbranched alkanes of at least 4 members (excludes halogenated alkanes) is 1. The van der Waals surface area contributed by atoms with Crippen molar-refractivity contribution < 1.29 is 19.4 Å². The summed E-state index contributed by atoms with van der Waals surface area (Å²) in [5, 5.41) is 4.49. The molecule has 2 aliphatic carbocycles. The summed E-state index contributed by atoms with van der Waals surface area (Å²) in [5.41, 5.74) is 12.4. The fourth-order valence-corrected chi connectivity index (χ4v) is 46.4. The minimum atomic E-state index is -3.35. The molecule has 0 N–H and O–H groups in total. The number of fused-ring (bicyclic) bond motifs is 4. The minimum absolute atomic E-state index is 0.516. The van der Waals surface area contributed by atoms with Crippen molar-refractivity contribution in [3.05, 3.63) is 149 Å². The zero-order valence-electron chi connectivity index (χ0n) is 29.6. The summed E-state index contributed by atoms with van der Waals surface area (Å²) >= 11 is -3.35. The number of hydrogen-bond donors (Lipinski definition) is 0. The molecular weight excluding hydrogens is 672 g/mol. The molecule has 4 atom stereocenters. The molecule has 4 unspecified atom stereocenters. The fraction of sp³-hybridized carbons (Fsp3) is 0.304. The van der Waals surface area contributed by atoms with Gasteiger partial charge in [0.25, 0.3) is 0 Å². The number of rotatable bonds is 12. The van der Waals surface area contributed by atoms with Gasteiger partial charge in [-0.2, -0.15) is 0 Å². The molecule has 0 spiro atoms. The fourth-order valence-electron chi connectivity index (χ4n) is 9.81. The van der Waals surface area contributed by atoms with E-state index in [1.807, 2.05) is 0 Å². The van der Waals surface area contributed by atoms with Crippen LogP contribution in [0.1, 0.15) is 91.6 Å². The van der Waals surface area contributed by atoms with E-state index in [4.69, 9.17) is 0 Å². The third kappa shape index (κ3) is 5.72. The van der Waals surface area contributed by atoms with E-state index >= 15 is 0 Å². The van der Waals surface area contributed by atoms with E-state index in [2.05, 4.69) is 162 Å². The quantitative estimate of drug-likeness (QED) is 0.112. The molecule has 2 heteroatoms. The molecule has 0 heterocycles. The van der Waals surface area contributed by atoms with Gasteiger partial charge in [-0.3, -0.25) is 0 Å². The Balaban J connectivity index is 1.50. The first-order valence-electron chi connectivity index (χ1n) is 18.5. The van der Waals surface area contributed by atoms with Gasteiger partial charge in [0.15, 0.2) is 0 Å². The monoisotopic (exact) mass is 721 g/mol. The molecule has 7 rings (SSSR count). The number of allylic oxidation sites excluding steroid dienone is 2. The van der Waals surface area contributed by atoms with E-state index < -0.39 is 25.4 Å². The van der Waals surface area contributed by atoms with Crippen LogP contribution in [0.5, 0.6) is 0 Å². The molecule has 243 valence electrons. The van der Waals surface area contributed by atoms with Gasteiger partial charge in [0, 0.05) is 0 Å². The first-order chi connectivity index (χ1) is 23.5. The molecule has 48 heavy (non-hydrogen) atoms. The topological polar surface area (TPSA) is 0 Å². The van der Waals surface area contributed by atoms with Gasteiger partial charge in [-0.1, -0.05) is 0 Å². The van der Waals surface area contributed by atoms with Crippen molar-refractivity contribution in [3.63, 3.8) is 0 Å². The van der Waals surface area contributed by atoms with Crippen molar-refractivity contribution >= 4 is 34.0 Å². The second-order valence-electron chi connectivity index (χ2n) is 14.4. The first kappa shape index (κ1) is 33.4. The van der Waals surface area contributed by atoms with Crippen molar-refractivity contribution in [1.29, 1.82) is 0 Å². The first-order valence-corrected chi connectivity index (χ1v) is 28.8. The third-order valence-electron chi connectivity index (χ3n) is 11.9. The summed E-state index contributed by atoms with van der Waals surface area (Å²) < 4.78 is 2.82. The summed E-state index contributed by atoms with van der Waals surface area (Å²) in [5.74, 6) is -0.341. The van der Waals surface area contributed by atoms with Crippen molar-refractivity contribution in [2.75, 3.05) is 0 Å². The van der Waals surface area contributed by atoms with Crippen LogP contribution in [-0.4, -0.2) is 5.92 Å². The Hall–Kier alpha value is -3.06. The zero-order chi connectivity index (χ0) is 33.3. The SMILES string of the molecule is CCC[CH2][Zr]([CH]1C(C)=Cc2c1ccc1ccccc21)([CH](CCC)C1C(CC)=Cc2c(-c3ccccc3)cccc21)[Si](C)c1ccccc1. The molecule has 0 aromatic heterocycles. The summed E-state index contributed by atoms with van der Waals surface area (Å²) in [4.78, 5) is 0. The second-order valence-corrected chi connectivity index (χ2v) is 36.8. The summed E-state index contributed by atoms with van der Waals surface area (Å²) in [6, 6.07) is 44.4. The van der Waals surface area contributed by atoms with Crippen LogP contribution in [0.15, 0.2) is 126 Å². The standard InChI is InChI=1S/C21H23.C14H11.C7H8Si.C4H9.Zr/c1-3-5-12-18-16(4-2)15-21-19(13-9-14-20(18)21)17-10-7-6-8-11-17;1-10-8-12-7-6-11-4-2-3-5-13(11)14(12)9-10;1-8-7-5-3-2-4-6-7;1-3-4-2;/h6-15,18H,3-5H2,1-2H3;2-9H,1H3;2-6H,1H3;1,3-4H2,2H3;. The van der Waals surface area contributed by atoms with Gasteiger partial charge in [-0.15, -0.1) is 0 Å². The van der Waals surface area contributed by atoms with Gasteiger partial charge >= 0.3 is 297 Å². The van der Waals surface area contributed by atoms with E-state index in [-0.39, 0.29) is 0 Å². The maximum atomic E-state index is 2.78. The van der Waals surface area contributed by atoms with Crippen LogP contribution in [0.3, 0.4) is 0 Å².